The van der Waals surface area contributed by atoms with E-state index in [0.717, 1.165) is 0 Å². The Morgan fingerprint density at radius 2 is 2.33 bits per heavy atom. The van der Waals surface area contributed by atoms with E-state index in [1.165, 1.54) is 12.1 Å². The average Bonchev–Trinajstić information content (AvgIpc) is 2.20. The lowest BCUT2D eigenvalue weighted by atomic mass is 10.1. The molecule has 0 saturated carbocycles. The zero-order valence-corrected chi connectivity index (χ0v) is 8.55. The lowest BCUT2D eigenvalue weighted by Crippen LogP contribution is -2.39. The van der Waals surface area contributed by atoms with Crippen molar-refractivity contribution in [2.24, 2.45) is 0 Å². The number of carbonyl (C=O) groups is 1. The van der Waals surface area contributed by atoms with Gasteiger partial charge in [0, 0.05) is 17.1 Å². The number of nitrogens with one attached hydrogen (secondary N) is 1. The van der Waals surface area contributed by atoms with Crippen LogP contribution in [0.4, 0.5) is 4.39 Å². The molecule has 1 aromatic rings. The molecule has 80 valence electrons. The number of morpholine rings is 1. The fraction of sp³-hybridized carbons (Fsp3) is 0.300. The van der Waals surface area contributed by atoms with Crippen LogP contribution in [0, 0.1) is 5.82 Å². The number of ether oxygens (including phenoxy) is 1. The summed E-state index contributed by atoms with van der Waals surface area (Å²) in [6.07, 6.45) is -0.503. The van der Waals surface area contributed by atoms with Gasteiger partial charge in [0.05, 0.1) is 0 Å². The van der Waals surface area contributed by atoms with Crippen molar-refractivity contribution >= 4 is 17.5 Å². The molecule has 0 spiro atoms. The third-order valence-electron chi connectivity index (χ3n) is 2.22. The average molecular weight is 230 g/mol. The number of hydrogen-bond acceptors (Lipinski definition) is 2. The van der Waals surface area contributed by atoms with Gasteiger partial charge in [-0.1, -0.05) is 17.7 Å². The second-order valence-corrected chi connectivity index (χ2v) is 3.65. The van der Waals surface area contributed by atoms with Crippen LogP contribution < -0.4 is 5.32 Å². The van der Waals surface area contributed by atoms with E-state index >= 15 is 0 Å². The van der Waals surface area contributed by atoms with E-state index < -0.39 is 11.9 Å². The molecule has 1 aromatic carbocycles. The number of benzene rings is 1. The number of hydrogen-bond donors (Lipinski definition) is 1. The van der Waals surface area contributed by atoms with Gasteiger partial charge in [-0.05, 0) is 12.1 Å². The Balaban J connectivity index is 2.26. The van der Waals surface area contributed by atoms with Crippen molar-refractivity contribution in [3.63, 3.8) is 0 Å². The Bertz CT molecular complexity index is 367. The SMILES string of the molecule is O=C1COC(c2c(F)cccc2Cl)CN1. The van der Waals surface area contributed by atoms with Crippen LogP contribution in [0.5, 0.6) is 0 Å². The Kier molecular flexibility index (Phi) is 2.88. The maximum absolute atomic E-state index is 13.5. The van der Waals surface area contributed by atoms with Gasteiger partial charge >= 0.3 is 0 Å². The Morgan fingerprint density at radius 3 is 2.93 bits per heavy atom. The van der Waals surface area contributed by atoms with Gasteiger partial charge in [0.25, 0.3) is 0 Å². The van der Waals surface area contributed by atoms with E-state index in [0.29, 0.717) is 10.6 Å². The molecule has 0 aromatic heterocycles. The highest BCUT2D eigenvalue weighted by Gasteiger charge is 2.24. The molecule has 5 heteroatoms. The minimum atomic E-state index is -0.503. The van der Waals surface area contributed by atoms with Crippen LogP contribution in [0.25, 0.3) is 0 Å². The van der Waals surface area contributed by atoms with E-state index in [9.17, 15) is 9.18 Å². The zero-order chi connectivity index (χ0) is 10.8. The second kappa shape index (κ2) is 4.16. The van der Waals surface area contributed by atoms with E-state index in [-0.39, 0.29) is 19.1 Å². The summed E-state index contributed by atoms with van der Waals surface area (Å²) in [6.45, 7) is 0.189. The van der Waals surface area contributed by atoms with Gasteiger partial charge < -0.3 is 10.1 Å². The van der Waals surface area contributed by atoms with Gasteiger partial charge in [-0.3, -0.25) is 4.79 Å². The van der Waals surface area contributed by atoms with Crippen LogP contribution in [-0.4, -0.2) is 19.1 Å². The Labute approximate surface area is 91.2 Å². The highest BCUT2D eigenvalue weighted by atomic mass is 35.5. The van der Waals surface area contributed by atoms with Gasteiger partial charge in [-0.15, -0.1) is 0 Å². The van der Waals surface area contributed by atoms with Crippen LogP contribution in [0.3, 0.4) is 0 Å². The maximum Gasteiger partial charge on any atom is 0.246 e. The van der Waals surface area contributed by atoms with E-state index in [1.807, 2.05) is 0 Å². The van der Waals surface area contributed by atoms with Gasteiger partial charge in [-0.25, -0.2) is 4.39 Å². The first kappa shape index (κ1) is 10.4. The third kappa shape index (κ3) is 2.11. The quantitative estimate of drug-likeness (QED) is 0.796. The summed E-state index contributed by atoms with van der Waals surface area (Å²) in [5.41, 5.74) is 0.305. The van der Waals surface area contributed by atoms with Crippen LogP contribution in [0.1, 0.15) is 11.7 Å². The summed E-state index contributed by atoms with van der Waals surface area (Å²) in [6, 6.07) is 4.45. The van der Waals surface area contributed by atoms with Gasteiger partial charge in [0.2, 0.25) is 5.91 Å². The maximum atomic E-state index is 13.5. The zero-order valence-electron chi connectivity index (χ0n) is 7.80. The molecule has 0 bridgehead atoms. The summed E-state index contributed by atoms with van der Waals surface area (Å²) in [4.78, 5) is 10.8. The van der Waals surface area contributed by atoms with Gasteiger partial charge in [0.15, 0.2) is 0 Å². The topological polar surface area (TPSA) is 38.3 Å². The van der Waals surface area contributed by atoms with Crippen LogP contribution >= 0.6 is 11.6 Å². The van der Waals surface area contributed by atoms with Crippen LogP contribution in [0.15, 0.2) is 18.2 Å². The molecular weight excluding hydrogens is 221 g/mol. The van der Waals surface area contributed by atoms with Crippen molar-refractivity contribution in [3.8, 4) is 0 Å². The van der Waals surface area contributed by atoms with Gasteiger partial charge in [0.1, 0.15) is 18.5 Å². The summed E-state index contributed by atoms with van der Waals surface area (Å²) in [7, 11) is 0. The first-order chi connectivity index (χ1) is 7.18. The molecule has 3 nitrogen and oxygen atoms in total. The number of rotatable bonds is 1. The monoisotopic (exact) mass is 229 g/mol. The molecule has 0 aliphatic carbocycles. The van der Waals surface area contributed by atoms with Gasteiger partial charge in [-0.2, -0.15) is 0 Å². The molecule has 2 rings (SSSR count). The fourth-order valence-corrected chi connectivity index (χ4v) is 1.78. The molecule has 1 aliphatic rings. The molecule has 1 aliphatic heterocycles. The highest BCUT2D eigenvalue weighted by Crippen LogP contribution is 2.28. The predicted molar refractivity (Wildman–Crippen MR) is 53.1 cm³/mol. The van der Waals surface area contributed by atoms with Crippen molar-refractivity contribution in [3.05, 3.63) is 34.6 Å². The first-order valence-electron chi connectivity index (χ1n) is 4.50. The minimum absolute atomic E-state index is 0.0602. The smallest absolute Gasteiger partial charge is 0.246 e. The largest absolute Gasteiger partial charge is 0.362 e. The highest BCUT2D eigenvalue weighted by molar-refractivity contribution is 6.31. The molecule has 1 unspecified atom stereocenters. The molecule has 1 amide bonds. The van der Waals surface area contributed by atoms with Crippen LogP contribution in [0.2, 0.25) is 5.02 Å². The van der Waals surface area contributed by atoms with Crippen LogP contribution in [-0.2, 0) is 9.53 Å². The van der Waals surface area contributed by atoms with E-state index in [1.54, 1.807) is 6.07 Å². The van der Waals surface area contributed by atoms with Crippen molar-refractivity contribution < 1.29 is 13.9 Å². The lowest BCUT2D eigenvalue weighted by Gasteiger charge is -2.24. The van der Waals surface area contributed by atoms with Crippen molar-refractivity contribution in [2.75, 3.05) is 13.2 Å². The molecule has 15 heavy (non-hydrogen) atoms. The molecule has 1 fully saturated rings. The Morgan fingerprint density at radius 1 is 1.53 bits per heavy atom. The minimum Gasteiger partial charge on any atom is -0.362 e. The summed E-state index contributed by atoms with van der Waals surface area (Å²) >= 11 is 5.87. The standard InChI is InChI=1S/C10H9ClFNO2/c11-6-2-1-3-7(12)10(6)8-4-13-9(14)5-15-8/h1-3,8H,4-5H2,(H,13,14). The summed E-state index contributed by atoms with van der Waals surface area (Å²) in [5.74, 6) is -0.609. The summed E-state index contributed by atoms with van der Waals surface area (Å²) < 4.78 is 18.7. The van der Waals surface area contributed by atoms with E-state index in [2.05, 4.69) is 5.32 Å². The number of carbonyl (C=O) groups excluding carboxylic acids is 1. The second-order valence-electron chi connectivity index (χ2n) is 3.24. The summed E-state index contributed by atoms with van der Waals surface area (Å²) in [5, 5.41) is 2.91. The molecule has 1 atom stereocenters. The third-order valence-corrected chi connectivity index (χ3v) is 2.55. The van der Waals surface area contributed by atoms with Crippen molar-refractivity contribution in [1.29, 1.82) is 0 Å². The molecular formula is C10H9ClFNO2. The molecule has 1 heterocycles. The van der Waals surface area contributed by atoms with E-state index in [4.69, 9.17) is 16.3 Å². The van der Waals surface area contributed by atoms with Crippen molar-refractivity contribution in [1.82, 2.24) is 5.32 Å². The number of halogens is 2. The first-order valence-corrected chi connectivity index (χ1v) is 4.88. The number of amides is 1. The fourth-order valence-electron chi connectivity index (χ4n) is 1.50. The molecule has 0 radical (unpaired) electrons. The van der Waals surface area contributed by atoms with Crippen molar-refractivity contribution in [2.45, 2.75) is 6.10 Å². The molecule has 1 saturated heterocycles. The Hall–Kier alpha value is -1.13. The predicted octanol–water partition coefficient (Wildman–Crippen LogP) is 1.67. The lowest BCUT2D eigenvalue weighted by molar-refractivity contribution is -0.133. The molecule has 1 N–H and O–H groups in total. The normalized spacial score (nSPS) is 21.2.